The molecular formula is C14H15ClN2O2S. The molecule has 1 unspecified atom stereocenters. The van der Waals surface area contributed by atoms with Crippen LogP contribution >= 0.6 is 23.4 Å². The van der Waals surface area contributed by atoms with Gasteiger partial charge in [-0.2, -0.15) is 0 Å². The van der Waals surface area contributed by atoms with Crippen molar-refractivity contribution in [2.75, 3.05) is 5.75 Å². The van der Waals surface area contributed by atoms with Crippen molar-refractivity contribution in [2.24, 2.45) is 5.92 Å². The highest BCUT2D eigenvalue weighted by molar-refractivity contribution is 7.99. The minimum Gasteiger partial charge on any atom is -0.481 e. The summed E-state index contributed by atoms with van der Waals surface area (Å²) in [6.45, 7) is 2.18. The summed E-state index contributed by atoms with van der Waals surface area (Å²) in [6, 6.07) is 6.00. The number of nitrogens with zero attached hydrogens (tertiary/aromatic N) is 2. The van der Waals surface area contributed by atoms with Crippen LogP contribution in [0.15, 0.2) is 23.4 Å². The maximum absolute atomic E-state index is 10.8. The van der Waals surface area contributed by atoms with E-state index in [-0.39, 0.29) is 5.75 Å². The molecule has 20 heavy (non-hydrogen) atoms. The van der Waals surface area contributed by atoms with Gasteiger partial charge in [-0.3, -0.25) is 4.79 Å². The summed E-state index contributed by atoms with van der Waals surface area (Å²) in [5.41, 5.74) is 1.86. The second-order valence-electron chi connectivity index (χ2n) is 5.16. The van der Waals surface area contributed by atoms with Gasteiger partial charge in [0.05, 0.1) is 16.8 Å². The SMILES string of the molecule is CC(C1CC1)n1c(SCC(=O)O)nc2cc(Cl)ccc21. The number of carbonyl (C=O) groups is 1. The molecule has 0 radical (unpaired) electrons. The molecule has 1 aliphatic carbocycles. The van der Waals surface area contributed by atoms with E-state index in [9.17, 15) is 4.79 Å². The Kier molecular flexibility index (Phi) is 3.65. The molecule has 1 saturated carbocycles. The number of carboxylic acid groups (broad SMARTS) is 1. The molecule has 1 atom stereocenters. The molecule has 3 rings (SSSR count). The fraction of sp³-hybridized carbons (Fsp3) is 0.429. The molecule has 0 spiro atoms. The first-order chi connectivity index (χ1) is 9.56. The van der Waals surface area contributed by atoms with Gasteiger partial charge in [-0.15, -0.1) is 0 Å². The van der Waals surface area contributed by atoms with Crippen molar-refractivity contribution in [1.82, 2.24) is 9.55 Å². The van der Waals surface area contributed by atoms with Gasteiger partial charge in [0.25, 0.3) is 0 Å². The van der Waals surface area contributed by atoms with Gasteiger partial charge in [-0.25, -0.2) is 4.98 Å². The average molecular weight is 311 g/mol. The van der Waals surface area contributed by atoms with E-state index in [2.05, 4.69) is 16.5 Å². The second kappa shape index (κ2) is 5.30. The Hall–Kier alpha value is -1.20. The quantitative estimate of drug-likeness (QED) is 0.853. The molecule has 106 valence electrons. The first-order valence-electron chi connectivity index (χ1n) is 6.58. The molecule has 1 fully saturated rings. The maximum atomic E-state index is 10.8. The van der Waals surface area contributed by atoms with Crippen LogP contribution in [0.1, 0.15) is 25.8 Å². The lowest BCUT2D eigenvalue weighted by atomic mass is 10.2. The fourth-order valence-corrected chi connectivity index (χ4v) is 3.45. The summed E-state index contributed by atoms with van der Waals surface area (Å²) in [6.07, 6.45) is 2.47. The number of halogens is 1. The van der Waals surface area contributed by atoms with Gasteiger partial charge in [0.2, 0.25) is 0 Å². The lowest BCUT2D eigenvalue weighted by Crippen LogP contribution is -2.09. The van der Waals surface area contributed by atoms with Gasteiger partial charge >= 0.3 is 5.97 Å². The molecule has 1 N–H and O–H groups in total. The fourth-order valence-electron chi connectivity index (χ4n) is 2.46. The zero-order valence-corrected chi connectivity index (χ0v) is 12.6. The van der Waals surface area contributed by atoms with E-state index in [0.717, 1.165) is 16.2 Å². The summed E-state index contributed by atoms with van der Waals surface area (Å²) >= 11 is 7.28. The molecule has 4 nitrogen and oxygen atoms in total. The molecular weight excluding hydrogens is 296 g/mol. The van der Waals surface area contributed by atoms with Crippen LogP contribution in [-0.4, -0.2) is 26.4 Å². The van der Waals surface area contributed by atoms with Crippen molar-refractivity contribution in [2.45, 2.75) is 31.0 Å². The van der Waals surface area contributed by atoms with Gasteiger partial charge in [0, 0.05) is 11.1 Å². The van der Waals surface area contributed by atoms with Crippen molar-refractivity contribution < 1.29 is 9.90 Å². The highest BCUT2D eigenvalue weighted by atomic mass is 35.5. The van der Waals surface area contributed by atoms with Gasteiger partial charge in [-0.1, -0.05) is 23.4 Å². The highest BCUT2D eigenvalue weighted by Crippen LogP contribution is 2.42. The summed E-state index contributed by atoms with van der Waals surface area (Å²) in [5, 5.41) is 10.3. The van der Waals surface area contributed by atoms with Crippen LogP contribution < -0.4 is 0 Å². The second-order valence-corrected chi connectivity index (χ2v) is 6.54. The van der Waals surface area contributed by atoms with E-state index in [0.29, 0.717) is 17.0 Å². The Bertz CT molecular complexity index is 666. The number of aliphatic carboxylic acids is 1. The molecule has 0 amide bonds. The Balaban J connectivity index is 2.05. The molecule has 1 aliphatic rings. The Morgan fingerprint density at radius 3 is 3.00 bits per heavy atom. The lowest BCUT2D eigenvalue weighted by Gasteiger charge is -2.16. The predicted molar refractivity (Wildman–Crippen MR) is 80.5 cm³/mol. The first-order valence-corrected chi connectivity index (χ1v) is 7.94. The standard InChI is InChI=1S/C14H15ClN2O2S/c1-8(9-2-3-9)17-12-5-4-10(15)6-11(12)16-14(17)20-7-13(18)19/h4-6,8-9H,2-3,7H2,1H3,(H,18,19). The number of fused-ring (bicyclic) bond motifs is 1. The van der Waals surface area contributed by atoms with Crippen LogP contribution in [0.5, 0.6) is 0 Å². The molecule has 0 bridgehead atoms. The van der Waals surface area contributed by atoms with E-state index in [1.165, 1.54) is 24.6 Å². The van der Waals surface area contributed by atoms with Crippen LogP contribution in [-0.2, 0) is 4.79 Å². The number of carboxylic acids is 1. The van der Waals surface area contributed by atoms with Gasteiger partial charge in [-0.05, 0) is 43.9 Å². The molecule has 6 heteroatoms. The number of hydrogen-bond acceptors (Lipinski definition) is 3. The first kappa shape index (κ1) is 13.8. The van der Waals surface area contributed by atoms with Crippen LogP contribution in [0.25, 0.3) is 11.0 Å². The Morgan fingerprint density at radius 1 is 1.60 bits per heavy atom. The Labute approximate surface area is 126 Å². The summed E-state index contributed by atoms with van der Waals surface area (Å²) in [5.74, 6) is -0.132. The van der Waals surface area contributed by atoms with Crippen molar-refractivity contribution in [3.63, 3.8) is 0 Å². The topological polar surface area (TPSA) is 55.1 Å². The molecule has 2 aromatic rings. The Morgan fingerprint density at radius 2 is 2.35 bits per heavy atom. The highest BCUT2D eigenvalue weighted by Gasteiger charge is 2.31. The summed E-state index contributed by atoms with van der Waals surface area (Å²) in [7, 11) is 0. The van der Waals surface area contributed by atoms with E-state index in [4.69, 9.17) is 16.7 Å². The van der Waals surface area contributed by atoms with Gasteiger partial charge in [0.1, 0.15) is 0 Å². The van der Waals surface area contributed by atoms with Gasteiger partial charge in [0.15, 0.2) is 5.16 Å². The van der Waals surface area contributed by atoms with Crippen molar-refractivity contribution in [1.29, 1.82) is 0 Å². The third kappa shape index (κ3) is 2.65. The zero-order chi connectivity index (χ0) is 14.3. The average Bonchev–Trinajstić information content (AvgIpc) is 3.17. The van der Waals surface area contributed by atoms with E-state index in [1.54, 1.807) is 0 Å². The van der Waals surface area contributed by atoms with Gasteiger partial charge < -0.3 is 9.67 Å². The number of imidazole rings is 1. The summed E-state index contributed by atoms with van der Waals surface area (Å²) < 4.78 is 2.16. The summed E-state index contributed by atoms with van der Waals surface area (Å²) in [4.78, 5) is 15.3. The van der Waals surface area contributed by atoms with E-state index in [1.807, 2.05) is 18.2 Å². The van der Waals surface area contributed by atoms with Crippen molar-refractivity contribution in [3.8, 4) is 0 Å². The number of hydrogen-bond donors (Lipinski definition) is 1. The normalized spacial score (nSPS) is 16.5. The number of thioether (sulfide) groups is 1. The molecule has 0 saturated heterocycles. The lowest BCUT2D eigenvalue weighted by molar-refractivity contribution is -0.133. The number of rotatable bonds is 5. The minimum atomic E-state index is -0.828. The largest absolute Gasteiger partial charge is 0.481 e. The third-order valence-electron chi connectivity index (χ3n) is 3.66. The van der Waals surface area contributed by atoms with E-state index >= 15 is 0 Å². The molecule has 1 heterocycles. The monoisotopic (exact) mass is 310 g/mol. The van der Waals surface area contributed by atoms with Crippen molar-refractivity contribution in [3.05, 3.63) is 23.2 Å². The van der Waals surface area contributed by atoms with Crippen LogP contribution in [0.4, 0.5) is 0 Å². The van der Waals surface area contributed by atoms with Crippen molar-refractivity contribution >= 4 is 40.4 Å². The van der Waals surface area contributed by atoms with E-state index < -0.39 is 5.97 Å². The smallest absolute Gasteiger partial charge is 0.313 e. The maximum Gasteiger partial charge on any atom is 0.313 e. The van der Waals surface area contributed by atoms with Crippen LogP contribution in [0.3, 0.4) is 0 Å². The molecule has 0 aliphatic heterocycles. The zero-order valence-electron chi connectivity index (χ0n) is 11.0. The molecule has 1 aromatic carbocycles. The third-order valence-corrected chi connectivity index (χ3v) is 4.83. The predicted octanol–water partition coefficient (Wildman–Crippen LogP) is 3.84. The van der Waals surface area contributed by atoms with Crippen LogP contribution in [0, 0.1) is 5.92 Å². The van der Waals surface area contributed by atoms with Crippen LogP contribution in [0.2, 0.25) is 5.02 Å². The minimum absolute atomic E-state index is 0.0223. The number of benzene rings is 1. The number of aromatic nitrogens is 2. The molecule has 1 aromatic heterocycles.